The first-order valence-electron chi connectivity index (χ1n) is 15.1. The van der Waals surface area contributed by atoms with E-state index in [-0.39, 0.29) is 11.8 Å². The van der Waals surface area contributed by atoms with Crippen molar-refractivity contribution >= 4 is 49.2 Å². The summed E-state index contributed by atoms with van der Waals surface area (Å²) in [6.07, 6.45) is -0.744. The normalized spacial score (nSPS) is 13.0. The first kappa shape index (κ1) is 39.8. The Bertz CT molecular complexity index is 1820. The summed E-state index contributed by atoms with van der Waals surface area (Å²) >= 11 is 0. The molecule has 1 heterocycles. The molecule has 0 saturated heterocycles. The average molecular weight is 743 g/mol. The number of anilines is 2. The molecule has 50 heavy (non-hydrogen) atoms. The minimum atomic E-state index is -5.08. The summed E-state index contributed by atoms with van der Waals surface area (Å²) in [4.78, 5) is 37.8. The van der Waals surface area contributed by atoms with Gasteiger partial charge in [0, 0.05) is 31.0 Å². The highest BCUT2D eigenvalue weighted by atomic mass is 32.2. The quantitative estimate of drug-likeness (QED) is 0.143. The van der Waals surface area contributed by atoms with Crippen molar-refractivity contribution in [3.8, 4) is 5.75 Å². The molecule has 0 aromatic heterocycles. The number of imide groups is 1. The van der Waals surface area contributed by atoms with E-state index in [0.29, 0.717) is 60.9 Å². The largest absolute Gasteiger partial charge is 0.492 e. The summed E-state index contributed by atoms with van der Waals surface area (Å²) in [5.74, 6) is -2.65. The number of aliphatic carboxylic acids is 1. The second-order valence-electron chi connectivity index (χ2n) is 11.2. The van der Waals surface area contributed by atoms with Gasteiger partial charge in [-0.05, 0) is 79.9 Å². The summed E-state index contributed by atoms with van der Waals surface area (Å²) in [6, 6.07) is 20.8. The third-order valence-electron chi connectivity index (χ3n) is 7.03. The average Bonchev–Trinajstić information content (AvgIpc) is 3.26. The topological polar surface area (TPSA) is 179 Å². The van der Waals surface area contributed by atoms with Gasteiger partial charge in [0.15, 0.2) is 0 Å². The number of benzene rings is 3. The molecule has 272 valence electrons. The van der Waals surface area contributed by atoms with Crippen LogP contribution in [0, 0.1) is 0 Å². The Morgan fingerprint density at radius 2 is 1.26 bits per heavy atom. The molecule has 3 N–H and O–H groups in total. The van der Waals surface area contributed by atoms with Gasteiger partial charge in [0.1, 0.15) is 12.4 Å². The Kier molecular flexibility index (Phi) is 13.8. The SMILES string of the molecule is CS(=O)(=O)Nc1ccc(CCN(CCCCN2C(=O)c3ccccc3C2=O)CCOc2ccc(NS(C)(=O)=O)cc2)cc1.O=C(O)C(F)(F)F. The van der Waals surface area contributed by atoms with Crippen LogP contribution in [0.25, 0.3) is 0 Å². The van der Waals surface area contributed by atoms with Gasteiger partial charge in [-0.2, -0.15) is 13.2 Å². The molecule has 0 atom stereocenters. The highest BCUT2D eigenvalue weighted by molar-refractivity contribution is 7.92. The number of fused-ring (bicyclic) bond motifs is 1. The Hall–Kier alpha value is -4.68. The molecular formula is C32H37F3N4O9S2. The van der Waals surface area contributed by atoms with Crippen molar-refractivity contribution in [2.75, 3.05) is 54.7 Å². The predicted octanol–water partition coefficient (Wildman–Crippen LogP) is 4.06. The van der Waals surface area contributed by atoms with Crippen LogP contribution in [0.3, 0.4) is 0 Å². The lowest BCUT2D eigenvalue weighted by atomic mass is 10.1. The lowest BCUT2D eigenvalue weighted by Crippen LogP contribution is -2.33. The monoisotopic (exact) mass is 742 g/mol. The van der Waals surface area contributed by atoms with Gasteiger partial charge in [-0.1, -0.05) is 24.3 Å². The van der Waals surface area contributed by atoms with Gasteiger partial charge in [-0.25, -0.2) is 21.6 Å². The van der Waals surface area contributed by atoms with E-state index in [1.54, 1.807) is 60.7 Å². The maximum atomic E-state index is 12.7. The zero-order chi connectivity index (χ0) is 37.1. The van der Waals surface area contributed by atoms with Gasteiger partial charge in [0.25, 0.3) is 11.8 Å². The number of nitrogens with one attached hydrogen (secondary N) is 2. The molecule has 4 rings (SSSR count). The van der Waals surface area contributed by atoms with E-state index < -0.39 is 32.2 Å². The summed E-state index contributed by atoms with van der Waals surface area (Å²) in [5, 5.41) is 7.12. The van der Waals surface area contributed by atoms with Gasteiger partial charge < -0.3 is 9.84 Å². The van der Waals surface area contributed by atoms with Crippen LogP contribution in [0.2, 0.25) is 0 Å². The fraction of sp³-hybridized carbons (Fsp3) is 0.344. The van der Waals surface area contributed by atoms with Gasteiger partial charge in [-0.3, -0.25) is 28.8 Å². The van der Waals surface area contributed by atoms with Crippen molar-refractivity contribution in [3.05, 3.63) is 89.5 Å². The number of carboxylic acid groups (broad SMARTS) is 1. The summed E-state index contributed by atoms with van der Waals surface area (Å²) in [7, 11) is -6.71. The molecular weight excluding hydrogens is 705 g/mol. The number of carboxylic acids is 1. The van der Waals surface area contributed by atoms with E-state index in [0.717, 1.165) is 37.5 Å². The number of hydrogen-bond donors (Lipinski definition) is 3. The second kappa shape index (κ2) is 17.3. The number of carbonyl (C=O) groups excluding carboxylic acids is 2. The number of amides is 2. The number of carbonyl (C=O) groups is 3. The molecule has 1 aliphatic rings. The summed E-state index contributed by atoms with van der Waals surface area (Å²) in [6.45, 7) is 2.79. The Morgan fingerprint density at radius 3 is 1.72 bits per heavy atom. The fourth-order valence-corrected chi connectivity index (χ4v) is 5.88. The van der Waals surface area contributed by atoms with Crippen molar-refractivity contribution in [3.63, 3.8) is 0 Å². The Balaban J connectivity index is 0.000000872. The van der Waals surface area contributed by atoms with Crippen molar-refractivity contribution < 1.29 is 54.2 Å². The van der Waals surface area contributed by atoms with E-state index in [1.807, 2.05) is 12.1 Å². The number of alkyl halides is 3. The molecule has 0 unspecified atom stereocenters. The molecule has 3 aromatic rings. The minimum absolute atomic E-state index is 0.252. The van der Waals surface area contributed by atoms with Crippen molar-refractivity contribution in [1.82, 2.24) is 9.80 Å². The Labute approximate surface area is 288 Å². The zero-order valence-corrected chi connectivity index (χ0v) is 28.8. The maximum Gasteiger partial charge on any atom is 0.490 e. The van der Waals surface area contributed by atoms with Crippen molar-refractivity contribution in [1.29, 1.82) is 0 Å². The maximum absolute atomic E-state index is 12.7. The van der Waals surface area contributed by atoms with Crippen LogP contribution >= 0.6 is 0 Å². The predicted molar refractivity (Wildman–Crippen MR) is 180 cm³/mol. The van der Waals surface area contributed by atoms with E-state index in [9.17, 15) is 39.6 Å². The van der Waals surface area contributed by atoms with Crippen LogP contribution in [-0.2, 0) is 31.3 Å². The van der Waals surface area contributed by atoms with Gasteiger partial charge in [0.05, 0.1) is 23.6 Å². The van der Waals surface area contributed by atoms with Gasteiger partial charge in [-0.15, -0.1) is 0 Å². The van der Waals surface area contributed by atoms with E-state index in [1.165, 1.54) is 4.90 Å². The summed E-state index contributed by atoms with van der Waals surface area (Å²) < 4.78 is 88.3. The first-order valence-corrected chi connectivity index (χ1v) is 18.9. The third kappa shape index (κ3) is 13.3. The van der Waals surface area contributed by atoms with Crippen LogP contribution in [-0.4, -0.2) is 101 Å². The van der Waals surface area contributed by atoms with Crippen molar-refractivity contribution in [2.45, 2.75) is 25.4 Å². The molecule has 2 amide bonds. The van der Waals surface area contributed by atoms with Crippen LogP contribution in [0.4, 0.5) is 24.5 Å². The number of sulfonamides is 2. The van der Waals surface area contributed by atoms with Gasteiger partial charge in [0.2, 0.25) is 20.0 Å². The fourth-order valence-electron chi connectivity index (χ4n) is 4.75. The van der Waals surface area contributed by atoms with Crippen molar-refractivity contribution in [2.24, 2.45) is 0 Å². The molecule has 0 saturated carbocycles. The minimum Gasteiger partial charge on any atom is -0.492 e. The molecule has 0 aliphatic carbocycles. The van der Waals surface area contributed by atoms with E-state index >= 15 is 0 Å². The van der Waals surface area contributed by atoms with Crippen LogP contribution in [0.1, 0.15) is 39.1 Å². The first-order chi connectivity index (χ1) is 23.3. The number of rotatable bonds is 16. The molecule has 0 spiro atoms. The number of hydrogen-bond acceptors (Lipinski definition) is 9. The molecule has 0 radical (unpaired) electrons. The van der Waals surface area contributed by atoms with Crippen LogP contribution in [0.15, 0.2) is 72.8 Å². The number of halogens is 3. The molecule has 3 aromatic carbocycles. The van der Waals surface area contributed by atoms with E-state index in [4.69, 9.17) is 14.6 Å². The molecule has 13 nitrogen and oxygen atoms in total. The molecule has 0 fully saturated rings. The smallest absolute Gasteiger partial charge is 0.490 e. The highest BCUT2D eigenvalue weighted by Crippen LogP contribution is 2.23. The lowest BCUT2D eigenvalue weighted by molar-refractivity contribution is -0.192. The lowest BCUT2D eigenvalue weighted by Gasteiger charge is -2.23. The summed E-state index contributed by atoms with van der Waals surface area (Å²) in [5.41, 5.74) is 2.90. The second-order valence-corrected chi connectivity index (χ2v) is 14.7. The molecule has 0 bridgehead atoms. The Morgan fingerprint density at radius 1 is 0.780 bits per heavy atom. The van der Waals surface area contributed by atoms with Crippen LogP contribution < -0.4 is 14.2 Å². The van der Waals surface area contributed by atoms with Gasteiger partial charge >= 0.3 is 12.1 Å². The van der Waals surface area contributed by atoms with E-state index in [2.05, 4.69) is 14.3 Å². The van der Waals surface area contributed by atoms with Crippen LogP contribution in [0.5, 0.6) is 5.75 Å². The zero-order valence-electron chi connectivity index (χ0n) is 27.1. The molecule has 18 heteroatoms. The number of nitrogens with zero attached hydrogens (tertiary/aromatic N) is 2. The third-order valence-corrected chi connectivity index (χ3v) is 8.25. The highest BCUT2D eigenvalue weighted by Gasteiger charge is 2.38. The number of ether oxygens (including phenoxy) is 1. The molecule has 1 aliphatic heterocycles. The number of unbranched alkanes of at least 4 members (excludes halogenated alkanes) is 1. The standard InChI is InChI=1S/C30H36N4O7S2.C2HF3O2/c1-42(37,38)31-24-11-9-23(10-12-24)17-20-33(21-22-41-26-15-13-25(14-16-26)32-43(2,39)40)18-5-6-19-34-29(35)27-7-3-4-8-28(27)30(34)36;3-2(4,5)1(6)7/h3-4,7-16,31-32H,5-6,17-22H2,1-2H3;(H,6,7).